The molecular formula is C27H26F7N7O3. The van der Waals surface area contributed by atoms with Crippen molar-refractivity contribution in [1.82, 2.24) is 25.1 Å². The molecule has 2 aliphatic heterocycles. The average Bonchev–Trinajstić information content (AvgIpc) is 3.39. The molecule has 0 bridgehead atoms. The molecule has 2 aromatic heterocycles. The Morgan fingerprint density at radius 2 is 1.64 bits per heavy atom. The number of aromatic nitrogens is 4. The zero-order chi connectivity index (χ0) is 31.6. The van der Waals surface area contributed by atoms with Crippen LogP contribution < -0.4 is 20.1 Å². The highest BCUT2D eigenvalue weighted by Gasteiger charge is 2.39. The molecule has 0 unspecified atom stereocenters. The second-order valence-corrected chi connectivity index (χ2v) is 10.4. The average molecular weight is 630 g/mol. The van der Waals surface area contributed by atoms with E-state index in [0.717, 1.165) is 0 Å². The lowest BCUT2D eigenvalue weighted by Crippen LogP contribution is -2.49. The molecule has 1 amide bonds. The number of aromatic amines is 1. The molecule has 2 fully saturated rings. The van der Waals surface area contributed by atoms with Gasteiger partial charge < -0.3 is 19.4 Å². The fourth-order valence-electron chi connectivity index (χ4n) is 5.21. The van der Waals surface area contributed by atoms with Crippen molar-refractivity contribution in [2.24, 2.45) is 0 Å². The summed E-state index contributed by atoms with van der Waals surface area (Å²) in [5.41, 5.74) is -3.75. The number of carbonyl (C=O) groups excluding carboxylic acids is 1. The van der Waals surface area contributed by atoms with Crippen molar-refractivity contribution in [1.29, 1.82) is 0 Å². The number of halogens is 7. The topological polar surface area (TPSA) is 108 Å². The summed E-state index contributed by atoms with van der Waals surface area (Å²) < 4.78 is 98.0. The highest BCUT2D eigenvalue weighted by Crippen LogP contribution is 2.33. The Bertz CT molecular complexity index is 1510. The van der Waals surface area contributed by atoms with Crippen LogP contribution >= 0.6 is 0 Å². The number of anilines is 2. The van der Waals surface area contributed by atoms with Crippen molar-refractivity contribution in [3.05, 3.63) is 70.0 Å². The van der Waals surface area contributed by atoms with Gasteiger partial charge in [-0.25, -0.2) is 19.5 Å². The number of benzene rings is 1. The fourth-order valence-corrected chi connectivity index (χ4v) is 5.21. The van der Waals surface area contributed by atoms with Gasteiger partial charge in [0.15, 0.2) is 0 Å². The molecule has 236 valence electrons. The first-order chi connectivity index (χ1) is 20.8. The number of carbonyl (C=O) groups is 1. The maximum atomic E-state index is 13.4. The van der Waals surface area contributed by atoms with Crippen LogP contribution in [0.2, 0.25) is 0 Å². The Morgan fingerprint density at radius 3 is 2.25 bits per heavy atom. The molecule has 1 N–H and O–H groups in total. The number of piperazine rings is 1. The van der Waals surface area contributed by atoms with Crippen molar-refractivity contribution in [3.8, 4) is 5.75 Å². The minimum atomic E-state index is -4.91. The van der Waals surface area contributed by atoms with Crippen LogP contribution in [0.5, 0.6) is 5.75 Å². The maximum Gasteiger partial charge on any atom is 0.421 e. The van der Waals surface area contributed by atoms with Crippen LogP contribution in [0.4, 0.5) is 42.5 Å². The van der Waals surface area contributed by atoms with E-state index in [9.17, 15) is 40.3 Å². The van der Waals surface area contributed by atoms with Gasteiger partial charge in [-0.1, -0.05) is 0 Å². The Morgan fingerprint density at radius 1 is 0.977 bits per heavy atom. The van der Waals surface area contributed by atoms with Crippen LogP contribution in [0.3, 0.4) is 0 Å². The second kappa shape index (κ2) is 12.3. The number of rotatable bonds is 7. The van der Waals surface area contributed by atoms with Gasteiger partial charge in [0.2, 0.25) is 11.9 Å². The third-order valence-corrected chi connectivity index (χ3v) is 7.45. The highest BCUT2D eigenvalue weighted by molar-refractivity contribution is 5.76. The molecule has 0 aliphatic carbocycles. The Labute approximate surface area is 245 Å². The van der Waals surface area contributed by atoms with Crippen LogP contribution in [0.15, 0.2) is 47.5 Å². The van der Waals surface area contributed by atoms with Crippen molar-refractivity contribution < 1.29 is 40.3 Å². The van der Waals surface area contributed by atoms with Gasteiger partial charge in [0.1, 0.15) is 29.1 Å². The number of hydrogen-bond donors (Lipinski definition) is 1. The number of H-pyrrole nitrogens is 1. The predicted molar refractivity (Wildman–Crippen MR) is 141 cm³/mol. The molecule has 2 aliphatic rings. The first kappa shape index (κ1) is 31.0. The number of ether oxygens (including phenoxy) is 1. The van der Waals surface area contributed by atoms with E-state index in [1.165, 1.54) is 24.3 Å². The summed E-state index contributed by atoms with van der Waals surface area (Å²) in [4.78, 5) is 37.3. The minimum absolute atomic E-state index is 0.0384. The van der Waals surface area contributed by atoms with E-state index in [2.05, 4.69) is 15.1 Å². The van der Waals surface area contributed by atoms with E-state index in [1.807, 2.05) is 5.10 Å². The molecule has 3 aromatic rings. The van der Waals surface area contributed by atoms with Crippen LogP contribution in [0.1, 0.15) is 30.4 Å². The summed E-state index contributed by atoms with van der Waals surface area (Å²) in [6.07, 6.45) is -8.01. The lowest BCUT2D eigenvalue weighted by Gasteiger charge is -2.35. The van der Waals surface area contributed by atoms with E-state index < -0.39 is 47.0 Å². The minimum Gasteiger partial charge on any atom is -0.489 e. The largest absolute Gasteiger partial charge is 0.489 e. The van der Waals surface area contributed by atoms with Crippen LogP contribution in [0.25, 0.3) is 0 Å². The summed E-state index contributed by atoms with van der Waals surface area (Å²) in [5.74, 6) is -0.346. The van der Waals surface area contributed by atoms with Gasteiger partial charge in [0, 0.05) is 63.5 Å². The zero-order valence-corrected chi connectivity index (χ0v) is 22.9. The fraction of sp³-hybridized carbons (Fsp3) is 0.444. The van der Waals surface area contributed by atoms with Gasteiger partial charge >= 0.3 is 12.4 Å². The molecule has 0 spiro atoms. The van der Waals surface area contributed by atoms with Gasteiger partial charge in [-0.05, 0) is 30.7 Å². The summed E-state index contributed by atoms with van der Waals surface area (Å²) >= 11 is 0. The predicted octanol–water partition coefficient (Wildman–Crippen LogP) is 3.89. The Balaban J connectivity index is 1.23. The number of nitrogens with one attached hydrogen (secondary N) is 1. The van der Waals surface area contributed by atoms with E-state index in [0.29, 0.717) is 43.7 Å². The van der Waals surface area contributed by atoms with E-state index in [-0.39, 0.29) is 50.1 Å². The number of alkyl halides is 6. The first-order valence-electron chi connectivity index (χ1n) is 13.6. The molecule has 0 radical (unpaired) electrons. The van der Waals surface area contributed by atoms with Gasteiger partial charge in [-0.3, -0.25) is 9.59 Å². The smallest absolute Gasteiger partial charge is 0.421 e. The van der Waals surface area contributed by atoms with Gasteiger partial charge in [0.25, 0.3) is 5.56 Å². The Hall–Kier alpha value is -4.44. The molecule has 4 heterocycles. The first-order valence-corrected chi connectivity index (χ1v) is 13.6. The molecular weight excluding hydrogens is 603 g/mol. The normalized spacial score (nSPS) is 19.4. The lowest BCUT2D eigenvalue weighted by atomic mass is 10.1. The lowest BCUT2D eigenvalue weighted by molar-refractivity contribution is -0.139. The summed E-state index contributed by atoms with van der Waals surface area (Å²) in [5, 5.41) is 5.71. The van der Waals surface area contributed by atoms with E-state index in [4.69, 9.17) is 4.74 Å². The molecule has 17 heteroatoms. The van der Waals surface area contributed by atoms with Crippen molar-refractivity contribution in [3.63, 3.8) is 0 Å². The van der Waals surface area contributed by atoms with Crippen LogP contribution in [-0.4, -0.2) is 75.8 Å². The van der Waals surface area contributed by atoms with E-state index in [1.54, 1.807) is 14.7 Å². The summed E-state index contributed by atoms with van der Waals surface area (Å²) in [7, 11) is 0. The second-order valence-electron chi connectivity index (χ2n) is 10.4. The molecule has 44 heavy (non-hydrogen) atoms. The number of nitrogens with zero attached hydrogens (tertiary/aromatic N) is 6. The molecule has 0 saturated carbocycles. The third kappa shape index (κ3) is 7.19. The monoisotopic (exact) mass is 629 g/mol. The maximum absolute atomic E-state index is 13.4. The molecule has 10 nitrogen and oxygen atoms in total. The molecule has 1 aromatic carbocycles. The van der Waals surface area contributed by atoms with Crippen molar-refractivity contribution in [2.75, 3.05) is 42.5 Å². The Kier molecular flexibility index (Phi) is 8.65. The van der Waals surface area contributed by atoms with Gasteiger partial charge in [0.05, 0.1) is 12.1 Å². The van der Waals surface area contributed by atoms with Crippen molar-refractivity contribution >= 4 is 17.7 Å². The number of hydrogen-bond acceptors (Lipinski definition) is 8. The van der Waals surface area contributed by atoms with Gasteiger partial charge in [-0.2, -0.15) is 31.4 Å². The van der Waals surface area contributed by atoms with E-state index >= 15 is 0 Å². The highest BCUT2D eigenvalue weighted by atomic mass is 19.4. The quantitative estimate of drug-likeness (QED) is 0.393. The number of amides is 1. The van der Waals surface area contributed by atoms with Crippen LogP contribution in [0, 0.1) is 5.82 Å². The molecule has 5 rings (SSSR count). The SMILES string of the molecule is O=C(CC[C@@H]1C[C@@H](Oc2ccc(F)cc2)CN1c1cc(C(F)(F)F)c(=O)[nH]n1)N1CCN(c2ncc(C(F)(F)F)cn2)CC1. The van der Waals surface area contributed by atoms with Crippen molar-refractivity contribution in [2.45, 2.75) is 43.8 Å². The van der Waals surface area contributed by atoms with Crippen LogP contribution in [-0.2, 0) is 17.1 Å². The zero-order valence-electron chi connectivity index (χ0n) is 22.9. The molecule has 2 saturated heterocycles. The standard InChI is InChI=1S/C27H26F7N7O3/c28-17-1-4-19(5-2-17)44-20-11-18(41(15-20)22-12-21(27(32,33)34)24(43)38-37-22)3-6-23(42)39-7-9-40(10-8-39)25-35-13-16(14-36-25)26(29,30)31/h1-2,4-5,12-14,18,20H,3,6-11,15H2,(H,38,43)/t18-,20-/m1/s1. The molecule has 2 atom stereocenters. The summed E-state index contributed by atoms with van der Waals surface area (Å²) in [6.45, 7) is 1.22. The summed E-state index contributed by atoms with van der Waals surface area (Å²) in [6, 6.07) is 5.45. The van der Waals surface area contributed by atoms with Gasteiger partial charge in [-0.15, -0.1) is 0 Å². The third-order valence-electron chi connectivity index (χ3n) is 7.45.